The molecule has 1 aliphatic heterocycles. The molecule has 3 rings (SSSR count). The Balaban J connectivity index is 1.52. The first-order valence-electron chi connectivity index (χ1n) is 8.75. The Bertz CT molecular complexity index is 609. The maximum Gasteiger partial charge on any atom is 0.160 e. The summed E-state index contributed by atoms with van der Waals surface area (Å²) in [5.41, 5.74) is 1.12. The van der Waals surface area contributed by atoms with E-state index in [4.69, 9.17) is 14.7 Å². The summed E-state index contributed by atoms with van der Waals surface area (Å²) in [6, 6.07) is 6.87. The van der Waals surface area contributed by atoms with E-state index in [0.717, 1.165) is 50.9 Å². The summed E-state index contributed by atoms with van der Waals surface area (Å²) in [7, 11) is 0. The predicted octanol–water partition coefficient (Wildman–Crippen LogP) is 4.54. The second-order valence-electron chi connectivity index (χ2n) is 6.89. The Kier molecular flexibility index (Phi) is 5.65. The van der Waals surface area contributed by atoms with E-state index in [2.05, 4.69) is 6.58 Å². The average Bonchev–Trinajstić information content (AvgIpc) is 2.63. The van der Waals surface area contributed by atoms with Gasteiger partial charge in [0.1, 0.15) is 11.9 Å². The van der Waals surface area contributed by atoms with Crippen molar-refractivity contribution in [2.45, 2.75) is 44.3 Å². The zero-order valence-electron chi connectivity index (χ0n) is 13.9. The lowest BCUT2D eigenvalue weighted by Crippen LogP contribution is -2.38. The van der Waals surface area contributed by atoms with Gasteiger partial charge in [0.25, 0.3) is 0 Å². The highest BCUT2D eigenvalue weighted by atomic mass is 19.1. The van der Waals surface area contributed by atoms with Gasteiger partial charge in [-0.2, -0.15) is 5.26 Å². The monoisotopic (exact) mass is 329 g/mol. The number of allylic oxidation sites excluding steroid dienone is 1. The molecule has 2 aliphatic rings. The molecule has 0 spiro atoms. The molecular weight excluding hydrogens is 305 g/mol. The van der Waals surface area contributed by atoms with Gasteiger partial charge >= 0.3 is 0 Å². The molecule has 0 amide bonds. The summed E-state index contributed by atoms with van der Waals surface area (Å²) in [5.74, 6) is 0.802. The van der Waals surface area contributed by atoms with Crippen molar-refractivity contribution in [1.29, 1.82) is 5.26 Å². The third kappa shape index (κ3) is 3.85. The lowest BCUT2D eigenvalue weighted by molar-refractivity contribution is -0.228. The van der Waals surface area contributed by atoms with Gasteiger partial charge in [-0.25, -0.2) is 4.39 Å². The molecule has 1 aliphatic carbocycles. The SMILES string of the molecule is C=CC[C@H]1CO[C@H](C2CCC(c3ccc(C#N)c(F)c3)CC2)OC1. The van der Waals surface area contributed by atoms with E-state index < -0.39 is 5.82 Å². The molecule has 0 atom stereocenters. The zero-order valence-corrected chi connectivity index (χ0v) is 13.9. The summed E-state index contributed by atoms with van der Waals surface area (Å²) >= 11 is 0. The van der Waals surface area contributed by atoms with E-state index in [0.29, 0.717) is 17.8 Å². The molecule has 0 unspecified atom stereocenters. The van der Waals surface area contributed by atoms with Crippen molar-refractivity contribution in [2.75, 3.05) is 13.2 Å². The minimum Gasteiger partial charge on any atom is -0.352 e. The summed E-state index contributed by atoms with van der Waals surface area (Å²) in [6.07, 6.45) is 6.84. The van der Waals surface area contributed by atoms with Crippen molar-refractivity contribution in [3.8, 4) is 6.07 Å². The van der Waals surface area contributed by atoms with Crippen LogP contribution in [-0.2, 0) is 9.47 Å². The summed E-state index contributed by atoms with van der Waals surface area (Å²) in [4.78, 5) is 0. The van der Waals surface area contributed by atoms with Gasteiger partial charge in [0.2, 0.25) is 0 Å². The van der Waals surface area contributed by atoms with E-state index in [1.165, 1.54) is 6.07 Å². The largest absolute Gasteiger partial charge is 0.352 e. The molecule has 1 heterocycles. The summed E-state index contributed by atoms with van der Waals surface area (Å²) < 4.78 is 25.6. The van der Waals surface area contributed by atoms with Gasteiger partial charge in [-0.1, -0.05) is 12.1 Å². The minimum absolute atomic E-state index is 0.0929. The van der Waals surface area contributed by atoms with Crippen LogP contribution in [0, 0.1) is 29.0 Å². The fraction of sp³-hybridized carbons (Fsp3) is 0.550. The molecule has 4 heteroatoms. The molecule has 2 fully saturated rings. The van der Waals surface area contributed by atoms with Crippen molar-refractivity contribution >= 4 is 0 Å². The number of nitrogens with zero attached hydrogens (tertiary/aromatic N) is 1. The van der Waals surface area contributed by atoms with Crippen LogP contribution < -0.4 is 0 Å². The van der Waals surface area contributed by atoms with Crippen molar-refractivity contribution in [3.63, 3.8) is 0 Å². The van der Waals surface area contributed by atoms with E-state index >= 15 is 0 Å². The van der Waals surface area contributed by atoms with E-state index in [1.54, 1.807) is 6.07 Å². The number of benzene rings is 1. The van der Waals surface area contributed by atoms with E-state index in [1.807, 2.05) is 18.2 Å². The molecule has 1 saturated heterocycles. The van der Waals surface area contributed by atoms with Crippen LogP contribution in [0.3, 0.4) is 0 Å². The fourth-order valence-electron chi connectivity index (χ4n) is 3.80. The summed E-state index contributed by atoms with van der Waals surface area (Å²) in [6.45, 7) is 5.26. The van der Waals surface area contributed by atoms with Gasteiger partial charge in [0, 0.05) is 11.8 Å². The number of hydrogen-bond donors (Lipinski definition) is 0. The predicted molar refractivity (Wildman–Crippen MR) is 89.8 cm³/mol. The van der Waals surface area contributed by atoms with Crippen LogP contribution >= 0.6 is 0 Å². The molecule has 0 N–H and O–H groups in total. The second kappa shape index (κ2) is 7.92. The van der Waals surface area contributed by atoms with Crippen LogP contribution in [0.2, 0.25) is 0 Å². The molecule has 1 saturated carbocycles. The molecule has 0 aromatic heterocycles. The molecule has 3 nitrogen and oxygen atoms in total. The van der Waals surface area contributed by atoms with Crippen molar-refractivity contribution in [1.82, 2.24) is 0 Å². The molecule has 0 bridgehead atoms. The van der Waals surface area contributed by atoms with E-state index in [-0.39, 0.29) is 11.9 Å². The third-order valence-corrected chi connectivity index (χ3v) is 5.23. The third-order valence-electron chi connectivity index (χ3n) is 5.23. The van der Waals surface area contributed by atoms with Crippen molar-refractivity contribution in [2.24, 2.45) is 11.8 Å². The maximum atomic E-state index is 13.8. The first-order chi connectivity index (χ1) is 11.7. The van der Waals surface area contributed by atoms with Gasteiger partial charge in [0.05, 0.1) is 18.8 Å². The molecule has 1 aromatic rings. The Morgan fingerprint density at radius 2 is 1.92 bits per heavy atom. The number of halogens is 1. The lowest BCUT2D eigenvalue weighted by atomic mass is 9.78. The van der Waals surface area contributed by atoms with Crippen LogP contribution in [0.15, 0.2) is 30.9 Å². The van der Waals surface area contributed by atoms with Gasteiger partial charge < -0.3 is 9.47 Å². The van der Waals surface area contributed by atoms with Crippen LogP contribution in [0.4, 0.5) is 4.39 Å². The van der Waals surface area contributed by atoms with Crippen LogP contribution in [0.5, 0.6) is 0 Å². The van der Waals surface area contributed by atoms with Crippen LogP contribution in [0.25, 0.3) is 0 Å². The van der Waals surface area contributed by atoms with Gasteiger partial charge in [-0.05, 0) is 55.7 Å². The average molecular weight is 329 g/mol. The molecule has 128 valence electrons. The van der Waals surface area contributed by atoms with Gasteiger partial charge in [-0.15, -0.1) is 6.58 Å². The minimum atomic E-state index is -0.413. The van der Waals surface area contributed by atoms with Gasteiger partial charge in [-0.3, -0.25) is 0 Å². The van der Waals surface area contributed by atoms with Gasteiger partial charge in [0.15, 0.2) is 6.29 Å². The zero-order chi connectivity index (χ0) is 16.9. The van der Waals surface area contributed by atoms with Crippen LogP contribution in [0.1, 0.15) is 49.1 Å². The topological polar surface area (TPSA) is 42.2 Å². The number of hydrogen-bond acceptors (Lipinski definition) is 3. The molecule has 24 heavy (non-hydrogen) atoms. The Hall–Kier alpha value is -1.70. The van der Waals surface area contributed by atoms with Crippen molar-refractivity contribution < 1.29 is 13.9 Å². The normalized spacial score (nSPS) is 30.5. The number of rotatable bonds is 4. The quantitative estimate of drug-likeness (QED) is 0.762. The highest BCUT2D eigenvalue weighted by Gasteiger charge is 2.32. The Morgan fingerprint density at radius 3 is 2.50 bits per heavy atom. The summed E-state index contributed by atoms with van der Waals surface area (Å²) in [5, 5.41) is 8.83. The van der Waals surface area contributed by atoms with Crippen LogP contribution in [-0.4, -0.2) is 19.5 Å². The highest BCUT2D eigenvalue weighted by Crippen LogP contribution is 2.39. The lowest BCUT2D eigenvalue weighted by Gasteiger charge is -2.37. The first-order valence-corrected chi connectivity index (χ1v) is 8.75. The number of ether oxygens (including phenoxy) is 2. The fourth-order valence-corrected chi connectivity index (χ4v) is 3.80. The smallest absolute Gasteiger partial charge is 0.160 e. The maximum absolute atomic E-state index is 13.8. The highest BCUT2D eigenvalue weighted by molar-refractivity contribution is 5.34. The number of nitriles is 1. The second-order valence-corrected chi connectivity index (χ2v) is 6.89. The standard InChI is InChI=1S/C20H24FNO2/c1-2-3-14-12-23-20(24-13-14)16-6-4-15(5-7-16)17-8-9-18(11-22)19(21)10-17/h2,8-10,14-16,20H,1,3-7,12-13H2/t14-,15?,16?,20-. The molecule has 0 radical (unpaired) electrons. The Labute approximate surface area is 143 Å². The molecular formula is C20H24FNO2. The Morgan fingerprint density at radius 1 is 1.21 bits per heavy atom. The van der Waals surface area contributed by atoms with E-state index in [9.17, 15) is 4.39 Å². The van der Waals surface area contributed by atoms with Crippen molar-refractivity contribution in [3.05, 3.63) is 47.8 Å². The first kappa shape index (κ1) is 17.1. The molecule has 1 aromatic carbocycles.